The molecule has 0 fully saturated rings. The molecule has 0 radical (unpaired) electrons. The quantitative estimate of drug-likeness (QED) is 0.723. The molecule has 0 unspecified atom stereocenters. The Labute approximate surface area is 81.7 Å². The predicted octanol–water partition coefficient (Wildman–Crippen LogP) is 1.26. The van der Waals surface area contributed by atoms with E-state index in [1.807, 2.05) is 6.92 Å². The van der Waals surface area contributed by atoms with Crippen LogP contribution >= 0.6 is 0 Å². The van der Waals surface area contributed by atoms with Crippen LogP contribution in [0, 0.1) is 6.92 Å². The maximum atomic E-state index is 10.6. The second-order valence-electron chi connectivity index (χ2n) is 2.77. The molecule has 0 bridgehead atoms. The second kappa shape index (κ2) is 4.76. The van der Waals surface area contributed by atoms with Gasteiger partial charge in [0.25, 0.3) is 0 Å². The average Bonchev–Trinajstić information content (AvgIpc) is 2.47. The number of hydrogen-bond donors (Lipinski definition) is 1. The van der Waals surface area contributed by atoms with Crippen LogP contribution in [0.1, 0.15) is 29.1 Å². The lowest BCUT2D eigenvalue weighted by Gasteiger charge is -1.95. The van der Waals surface area contributed by atoms with Crippen molar-refractivity contribution >= 4 is 5.97 Å². The topological polar surface area (TPSA) is 72.6 Å². The van der Waals surface area contributed by atoms with E-state index in [2.05, 4.69) is 4.98 Å². The number of carboxylic acid groups (broad SMARTS) is 1. The van der Waals surface area contributed by atoms with Crippen LogP contribution in [0.3, 0.4) is 0 Å². The van der Waals surface area contributed by atoms with E-state index in [0.717, 1.165) is 0 Å². The maximum Gasteiger partial charge on any atom is 0.373 e. The maximum absolute atomic E-state index is 10.6. The predicted molar refractivity (Wildman–Crippen MR) is 48.4 cm³/mol. The van der Waals surface area contributed by atoms with Gasteiger partial charge in [0, 0.05) is 13.0 Å². The first kappa shape index (κ1) is 10.7. The number of rotatable bonds is 5. The number of carboxylic acids is 1. The molecule has 1 heterocycles. The Morgan fingerprint density at radius 2 is 2.36 bits per heavy atom. The van der Waals surface area contributed by atoms with E-state index < -0.39 is 5.97 Å². The molecule has 78 valence electrons. The Morgan fingerprint density at radius 3 is 2.86 bits per heavy atom. The summed E-state index contributed by atoms with van der Waals surface area (Å²) in [6.07, 6.45) is 0.502. The van der Waals surface area contributed by atoms with Gasteiger partial charge in [-0.3, -0.25) is 0 Å². The summed E-state index contributed by atoms with van der Waals surface area (Å²) in [5.41, 5.74) is 0.406. The zero-order valence-electron chi connectivity index (χ0n) is 8.24. The molecule has 1 aromatic heterocycles. The van der Waals surface area contributed by atoms with Gasteiger partial charge in [0.1, 0.15) is 0 Å². The molecule has 0 spiro atoms. The Balaban J connectivity index is 2.62. The van der Waals surface area contributed by atoms with Crippen molar-refractivity contribution in [2.75, 3.05) is 13.2 Å². The van der Waals surface area contributed by atoms with Gasteiger partial charge in [-0.25, -0.2) is 9.78 Å². The van der Waals surface area contributed by atoms with Crippen molar-refractivity contribution in [1.82, 2.24) is 4.98 Å². The minimum absolute atomic E-state index is 0.0866. The number of ether oxygens (including phenoxy) is 1. The summed E-state index contributed by atoms with van der Waals surface area (Å²) in [7, 11) is 0. The van der Waals surface area contributed by atoms with Gasteiger partial charge in [-0.15, -0.1) is 0 Å². The van der Waals surface area contributed by atoms with Crippen LogP contribution in [0.15, 0.2) is 4.42 Å². The summed E-state index contributed by atoms with van der Waals surface area (Å²) in [5.74, 6) is -0.762. The van der Waals surface area contributed by atoms with Crippen LogP contribution in [0.25, 0.3) is 0 Å². The summed E-state index contributed by atoms with van der Waals surface area (Å²) >= 11 is 0. The van der Waals surface area contributed by atoms with E-state index in [0.29, 0.717) is 31.2 Å². The average molecular weight is 199 g/mol. The normalized spacial score (nSPS) is 10.4. The highest BCUT2D eigenvalue weighted by Crippen LogP contribution is 2.10. The molecule has 0 amide bonds. The van der Waals surface area contributed by atoms with Crippen LogP contribution in [-0.2, 0) is 11.2 Å². The highest BCUT2D eigenvalue weighted by molar-refractivity contribution is 5.85. The van der Waals surface area contributed by atoms with Crippen molar-refractivity contribution < 1.29 is 19.1 Å². The number of aromatic nitrogens is 1. The van der Waals surface area contributed by atoms with Crippen LogP contribution in [0.5, 0.6) is 0 Å². The summed E-state index contributed by atoms with van der Waals surface area (Å²) in [4.78, 5) is 14.6. The molecule has 1 rings (SSSR count). The Bertz CT molecular complexity index is 319. The molecular formula is C9H13NO4. The lowest BCUT2D eigenvalue weighted by molar-refractivity contribution is 0.0657. The molecule has 14 heavy (non-hydrogen) atoms. The highest BCUT2D eigenvalue weighted by atomic mass is 16.5. The molecule has 0 saturated carbocycles. The van der Waals surface area contributed by atoms with Gasteiger partial charge in [-0.05, 0) is 13.8 Å². The molecule has 0 atom stereocenters. The molecule has 0 aliphatic rings. The van der Waals surface area contributed by atoms with Crippen LogP contribution in [0.4, 0.5) is 0 Å². The lowest BCUT2D eigenvalue weighted by atomic mass is 10.4. The van der Waals surface area contributed by atoms with E-state index in [9.17, 15) is 4.79 Å². The Hall–Kier alpha value is -1.36. The molecule has 5 heteroatoms. The van der Waals surface area contributed by atoms with Gasteiger partial charge in [0.05, 0.1) is 12.3 Å². The highest BCUT2D eigenvalue weighted by Gasteiger charge is 2.15. The van der Waals surface area contributed by atoms with Crippen LogP contribution in [0.2, 0.25) is 0 Å². The number of aromatic carboxylic acids is 1. The minimum Gasteiger partial charge on any atom is -0.475 e. The smallest absolute Gasteiger partial charge is 0.373 e. The van der Waals surface area contributed by atoms with Crippen molar-refractivity contribution in [3.8, 4) is 0 Å². The monoisotopic (exact) mass is 199 g/mol. The molecule has 0 saturated heterocycles. The Morgan fingerprint density at radius 1 is 1.64 bits per heavy atom. The second-order valence-corrected chi connectivity index (χ2v) is 2.77. The zero-order chi connectivity index (χ0) is 10.6. The van der Waals surface area contributed by atoms with E-state index in [4.69, 9.17) is 14.3 Å². The van der Waals surface area contributed by atoms with Gasteiger partial charge >= 0.3 is 5.97 Å². The largest absolute Gasteiger partial charge is 0.475 e. The first-order chi connectivity index (χ1) is 6.65. The van der Waals surface area contributed by atoms with E-state index in [1.54, 1.807) is 6.92 Å². The molecule has 0 aliphatic heterocycles. The molecule has 1 aromatic rings. The number of aryl methyl sites for hydroxylation is 1. The first-order valence-electron chi connectivity index (χ1n) is 4.42. The zero-order valence-corrected chi connectivity index (χ0v) is 8.24. The van der Waals surface area contributed by atoms with Crippen molar-refractivity contribution in [2.45, 2.75) is 20.3 Å². The van der Waals surface area contributed by atoms with E-state index in [1.165, 1.54) is 0 Å². The van der Waals surface area contributed by atoms with Gasteiger partial charge in [-0.1, -0.05) is 0 Å². The van der Waals surface area contributed by atoms with Gasteiger partial charge in [0.15, 0.2) is 5.89 Å². The van der Waals surface area contributed by atoms with Crippen molar-refractivity contribution in [1.29, 1.82) is 0 Å². The van der Waals surface area contributed by atoms with Crippen LogP contribution in [-0.4, -0.2) is 29.3 Å². The summed E-state index contributed by atoms with van der Waals surface area (Å²) in [5, 5.41) is 8.69. The fourth-order valence-corrected chi connectivity index (χ4v) is 1.06. The third-order valence-electron chi connectivity index (χ3n) is 1.70. The summed E-state index contributed by atoms with van der Waals surface area (Å²) < 4.78 is 10.1. The molecule has 0 aromatic carbocycles. The third-order valence-corrected chi connectivity index (χ3v) is 1.70. The van der Waals surface area contributed by atoms with Gasteiger partial charge < -0.3 is 14.3 Å². The lowest BCUT2D eigenvalue weighted by Crippen LogP contribution is -1.97. The van der Waals surface area contributed by atoms with E-state index >= 15 is 0 Å². The fraction of sp³-hybridized carbons (Fsp3) is 0.556. The number of oxazole rings is 1. The number of hydrogen-bond acceptors (Lipinski definition) is 4. The Kier molecular flexibility index (Phi) is 3.64. The van der Waals surface area contributed by atoms with Crippen molar-refractivity contribution in [3.05, 3.63) is 17.3 Å². The summed E-state index contributed by atoms with van der Waals surface area (Å²) in [6, 6.07) is 0. The standard InChI is InChI=1S/C9H13NO4/c1-3-13-5-4-7-10-6(2)8(14-7)9(11)12/h3-5H2,1-2H3,(H,11,12). The van der Waals surface area contributed by atoms with Crippen molar-refractivity contribution in [2.24, 2.45) is 0 Å². The minimum atomic E-state index is -1.09. The number of nitrogens with zero attached hydrogens (tertiary/aromatic N) is 1. The first-order valence-corrected chi connectivity index (χ1v) is 4.42. The van der Waals surface area contributed by atoms with Crippen molar-refractivity contribution in [3.63, 3.8) is 0 Å². The molecule has 5 nitrogen and oxygen atoms in total. The van der Waals surface area contributed by atoms with Crippen LogP contribution < -0.4 is 0 Å². The third kappa shape index (κ3) is 2.56. The van der Waals surface area contributed by atoms with Gasteiger partial charge in [0.2, 0.25) is 5.76 Å². The molecule has 1 N–H and O–H groups in total. The summed E-state index contributed by atoms with van der Waals surface area (Å²) in [6.45, 7) is 4.63. The SMILES string of the molecule is CCOCCc1nc(C)c(C(=O)O)o1. The van der Waals surface area contributed by atoms with E-state index in [-0.39, 0.29) is 5.76 Å². The molecular weight excluding hydrogens is 186 g/mol. The fourth-order valence-electron chi connectivity index (χ4n) is 1.06. The van der Waals surface area contributed by atoms with Gasteiger partial charge in [-0.2, -0.15) is 0 Å². The molecule has 0 aliphatic carbocycles. The number of carbonyl (C=O) groups is 1.